The third-order valence-corrected chi connectivity index (χ3v) is 10.3. The van der Waals surface area contributed by atoms with Crippen molar-refractivity contribution in [3.05, 3.63) is 22.9 Å². The van der Waals surface area contributed by atoms with Crippen molar-refractivity contribution in [2.75, 3.05) is 13.1 Å². The van der Waals surface area contributed by atoms with Gasteiger partial charge in [0.15, 0.2) is 5.78 Å². The molecule has 1 heterocycles. The fourth-order valence-electron chi connectivity index (χ4n) is 8.60. The van der Waals surface area contributed by atoms with Crippen LogP contribution in [0.3, 0.4) is 0 Å². The Balaban J connectivity index is 1.50. The van der Waals surface area contributed by atoms with Gasteiger partial charge in [0.1, 0.15) is 5.60 Å². The second kappa shape index (κ2) is 6.45. The number of likely N-dealkylation sites (tertiary alicyclic amines) is 1. The number of fused-ring (bicyclic) bond motifs is 5. The maximum absolute atomic E-state index is 12.4. The third-order valence-electron chi connectivity index (χ3n) is 10.3. The second-order valence-electron chi connectivity index (χ2n) is 11.4. The van der Waals surface area contributed by atoms with Crippen LogP contribution in [-0.2, 0) is 4.79 Å². The van der Waals surface area contributed by atoms with Gasteiger partial charge in [0.05, 0.1) is 0 Å². The van der Waals surface area contributed by atoms with Crippen LogP contribution >= 0.6 is 0 Å². The van der Waals surface area contributed by atoms with E-state index in [2.05, 4.69) is 31.7 Å². The number of hydrogen-bond acceptors (Lipinski definition) is 3. The maximum atomic E-state index is 12.4. The SMILES string of the molecule is CC(=O)[C@@]1(O)CC[C@H]2[C@@H]3CC(C)=C4C=C(N5CCCC5)CC[C@]4(C)[C@H]3CC[C@@]21C. The molecule has 0 aromatic heterocycles. The highest BCUT2D eigenvalue weighted by atomic mass is 16.3. The van der Waals surface area contributed by atoms with Crippen molar-refractivity contribution in [1.82, 2.24) is 4.90 Å². The number of aliphatic hydroxyl groups is 1. The Morgan fingerprint density at radius 2 is 1.79 bits per heavy atom. The number of nitrogens with zero attached hydrogens (tertiary/aromatic N) is 1. The van der Waals surface area contributed by atoms with Crippen LogP contribution < -0.4 is 0 Å². The van der Waals surface area contributed by atoms with Crippen LogP contribution in [0.1, 0.15) is 85.5 Å². The molecule has 5 aliphatic rings. The summed E-state index contributed by atoms with van der Waals surface area (Å²) in [6.07, 6.45) is 12.8. The molecule has 1 saturated heterocycles. The van der Waals surface area contributed by atoms with E-state index < -0.39 is 5.60 Å². The second-order valence-corrected chi connectivity index (χ2v) is 11.4. The average Bonchev–Trinajstić information content (AvgIpc) is 3.29. The summed E-state index contributed by atoms with van der Waals surface area (Å²) in [5, 5.41) is 11.4. The Kier molecular flexibility index (Phi) is 4.42. The summed E-state index contributed by atoms with van der Waals surface area (Å²) in [5.74, 6) is 1.79. The fourth-order valence-corrected chi connectivity index (χ4v) is 8.60. The van der Waals surface area contributed by atoms with Crippen LogP contribution in [0.25, 0.3) is 0 Å². The van der Waals surface area contributed by atoms with E-state index in [1.165, 1.54) is 38.8 Å². The molecule has 0 radical (unpaired) electrons. The number of hydrogen-bond donors (Lipinski definition) is 1. The lowest BCUT2D eigenvalue weighted by atomic mass is 9.46. The van der Waals surface area contributed by atoms with Crippen molar-refractivity contribution >= 4 is 5.78 Å². The number of Topliss-reactive ketones (excluding diaryl/α,β-unsaturated/α-hetero) is 1. The topological polar surface area (TPSA) is 40.5 Å². The molecular weight excluding hydrogens is 358 g/mol. The van der Waals surface area contributed by atoms with E-state index in [0.29, 0.717) is 24.2 Å². The van der Waals surface area contributed by atoms with Crippen LogP contribution in [0.4, 0.5) is 0 Å². The smallest absolute Gasteiger partial charge is 0.161 e. The molecular formula is C26H39NO2. The summed E-state index contributed by atoms with van der Waals surface area (Å²) < 4.78 is 0. The summed E-state index contributed by atoms with van der Waals surface area (Å²) in [6, 6.07) is 0. The molecule has 1 aliphatic heterocycles. The highest BCUT2D eigenvalue weighted by molar-refractivity contribution is 5.86. The normalized spacial score (nSPS) is 46.9. The van der Waals surface area contributed by atoms with Gasteiger partial charge in [-0.2, -0.15) is 0 Å². The van der Waals surface area contributed by atoms with Gasteiger partial charge >= 0.3 is 0 Å². The zero-order valence-electron chi connectivity index (χ0n) is 18.9. The molecule has 29 heavy (non-hydrogen) atoms. The standard InChI is InChI=1S/C26H39NO2/c1-17-15-20-21(8-11-25(4)22(20)9-12-26(25,29)18(2)28)24(3)10-7-19(16-23(17)24)27-13-5-6-14-27/h16,20-22,29H,5-15H2,1-4H3/t20-,21+,22+,24-,25+,26+/m1/s1. The van der Waals surface area contributed by atoms with Gasteiger partial charge in [0.25, 0.3) is 0 Å². The Bertz CT molecular complexity index is 791. The van der Waals surface area contributed by atoms with Gasteiger partial charge in [-0.25, -0.2) is 0 Å². The van der Waals surface area contributed by atoms with Crippen molar-refractivity contribution in [3.63, 3.8) is 0 Å². The van der Waals surface area contributed by atoms with E-state index in [9.17, 15) is 9.90 Å². The van der Waals surface area contributed by atoms with Crippen molar-refractivity contribution in [3.8, 4) is 0 Å². The van der Waals surface area contributed by atoms with Gasteiger partial charge < -0.3 is 10.0 Å². The Morgan fingerprint density at radius 3 is 2.48 bits per heavy atom. The first kappa shape index (κ1) is 19.8. The third kappa shape index (κ3) is 2.55. The van der Waals surface area contributed by atoms with Crippen LogP contribution in [0.2, 0.25) is 0 Å². The highest BCUT2D eigenvalue weighted by Crippen LogP contribution is 2.67. The zero-order valence-corrected chi connectivity index (χ0v) is 18.9. The van der Waals surface area contributed by atoms with Gasteiger partial charge in [0, 0.05) is 24.2 Å². The van der Waals surface area contributed by atoms with Crippen LogP contribution in [-0.4, -0.2) is 34.5 Å². The predicted octanol–water partition coefficient (Wildman–Crippen LogP) is 5.25. The molecule has 0 amide bonds. The summed E-state index contributed by atoms with van der Waals surface area (Å²) in [6.45, 7) is 11.2. The minimum Gasteiger partial charge on any atom is -0.382 e. The lowest BCUT2D eigenvalue weighted by Gasteiger charge is -2.59. The molecule has 3 heteroatoms. The summed E-state index contributed by atoms with van der Waals surface area (Å²) in [7, 11) is 0. The Morgan fingerprint density at radius 1 is 1.10 bits per heavy atom. The minimum atomic E-state index is -1.10. The van der Waals surface area contributed by atoms with E-state index in [4.69, 9.17) is 0 Å². The molecule has 1 N–H and O–H groups in total. The molecule has 3 nitrogen and oxygen atoms in total. The lowest BCUT2D eigenvalue weighted by Crippen LogP contribution is -2.56. The molecule has 0 unspecified atom stereocenters. The monoisotopic (exact) mass is 397 g/mol. The molecule has 5 rings (SSSR count). The van der Waals surface area contributed by atoms with E-state index in [0.717, 1.165) is 25.7 Å². The molecule has 0 spiro atoms. The van der Waals surface area contributed by atoms with Gasteiger partial charge in [-0.15, -0.1) is 0 Å². The summed E-state index contributed by atoms with van der Waals surface area (Å²) >= 11 is 0. The van der Waals surface area contributed by atoms with Crippen molar-refractivity contribution in [2.24, 2.45) is 28.6 Å². The zero-order chi connectivity index (χ0) is 20.6. The molecule has 0 aromatic rings. The summed E-state index contributed by atoms with van der Waals surface area (Å²) in [4.78, 5) is 15.1. The number of ketones is 1. The molecule has 160 valence electrons. The number of carbonyl (C=O) groups is 1. The maximum Gasteiger partial charge on any atom is 0.161 e. The predicted molar refractivity (Wildman–Crippen MR) is 116 cm³/mol. The summed E-state index contributed by atoms with van der Waals surface area (Å²) in [5.41, 5.74) is 3.73. The number of carbonyl (C=O) groups excluding carboxylic acids is 1. The first-order valence-electron chi connectivity index (χ1n) is 12.1. The number of allylic oxidation sites excluding steroid dienone is 4. The Labute approximate surface area is 176 Å². The van der Waals surface area contributed by atoms with Gasteiger partial charge in [-0.3, -0.25) is 4.79 Å². The lowest BCUT2D eigenvalue weighted by molar-refractivity contribution is -0.158. The van der Waals surface area contributed by atoms with Gasteiger partial charge in [-0.1, -0.05) is 19.4 Å². The van der Waals surface area contributed by atoms with Crippen LogP contribution in [0.15, 0.2) is 22.9 Å². The van der Waals surface area contributed by atoms with Gasteiger partial charge in [0.2, 0.25) is 0 Å². The largest absolute Gasteiger partial charge is 0.382 e. The molecule has 2 saturated carbocycles. The van der Waals surface area contributed by atoms with Crippen LogP contribution in [0, 0.1) is 28.6 Å². The highest BCUT2D eigenvalue weighted by Gasteiger charge is 2.65. The first-order valence-corrected chi connectivity index (χ1v) is 12.1. The van der Waals surface area contributed by atoms with E-state index in [1.54, 1.807) is 23.8 Å². The van der Waals surface area contributed by atoms with E-state index in [1.807, 2.05) is 0 Å². The first-order chi connectivity index (χ1) is 13.7. The molecule has 0 bridgehead atoms. The van der Waals surface area contributed by atoms with Crippen LogP contribution in [0.5, 0.6) is 0 Å². The molecule has 3 fully saturated rings. The van der Waals surface area contributed by atoms with Crippen molar-refractivity contribution in [1.29, 1.82) is 0 Å². The number of rotatable bonds is 2. The minimum absolute atomic E-state index is 0.00761. The van der Waals surface area contributed by atoms with E-state index >= 15 is 0 Å². The van der Waals surface area contributed by atoms with E-state index in [-0.39, 0.29) is 16.6 Å². The molecule has 6 atom stereocenters. The molecule has 4 aliphatic carbocycles. The fraction of sp³-hybridized carbons (Fsp3) is 0.808. The van der Waals surface area contributed by atoms with Crippen molar-refractivity contribution in [2.45, 2.75) is 91.1 Å². The average molecular weight is 398 g/mol. The quantitative estimate of drug-likeness (QED) is 0.692. The van der Waals surface area contributed by atoms with Crippen molar-refractivity contribution < 1.29 is 9.90 Å². The molecule has 0 aromatic carbocycles. The van der Waals surface area contributed by atoms with Gasteiger partial charge in [-0.05, 0) is 106 Å². The Hall–Kier alpha value is -1.09.